The van der Waals surface area contributed by atoms with Crippen molar-refractivity contribution in [2.75, 3.05) is 39.6 Å². The normalized spacial score (nSPS) is 13.3. The number of allylic oxidation sites excluding steroid dienone is 1. The number of hydrogen-bond donors (Lipinski definition) is 2. The van der Waals surface area contributed by atoms with E-state index in [4.69, 9.17) is 18.9 Å². The van der Waals surface area contributed by atoms with Gasteiger partial charge in [-0.2, -0.15) is 0 Å². The monoisotopic (exact) mass is 388 g/mol. The molecule has 0 aliphatic carbocycles. The Hall–Kier alpha value is -1.74. The minimum atomic E-state index is -0.880. The molecular formula is C19H32O8. The number of carbonyl (C=O) groups excluding carboxylic acids is 2. The van der Waals surface area contributed by atoms with Crippen LogP contribution in [0.15, 0.2) is 24.3 Å². The number of unbranched alkanes of at least 4 members (excludes halogenated alkanes) is 1. The molecule has 8 nitrogen and oxygen atoms in total. The van der Waals surface area contributed by atoms with Gasteiger partial charge in [0.15, 0.2) is 0 Å². The summed E-state index contributed by atoms with van der Waals surface area (Å²) in [6, 6.07) is 0. The summed E-state index contributed by atoms with van der Waals surface area (Å²) in [6.45, 7) is 7.65. The molecule has 2 atom stereocenters. The summed E-state index contributed by atoms with van der Waals surface area (Å²) in [5.41, 5.74) is 0.278. The maximum Gasteiger partial charge on any atom is 0.333 e. The van der Waals surface area contributed by atoms with E-state index in [0.29, 0.717) is 26.1 Å². The average molecular weight is 388 g/mol. The van der Waals surface area contributed by atoms with Crippen molar-refractivity contribution in [1.82, 2.24) is 0 Å². The maximum atomic E-state index is 11.2. The highest BCUT2D eigenvalue weighted by Crippen LogP contribution is 1.98. The smallest absolute Gasteiger partial charge is 0.333 e. The van der Waals surface area contributed by atoms with Gasteiger partial charge in [-0.05, 0) is 26.2 Å². The van der Waals surface area contributed by atoms with Gasteiger partial charge in [0.25, 0.3) is 0 Å². The van der Waals surface area contributed by atoms with Crippen LogP contribution in [0.3, 0.4) is 0 Å². The second kappa shape index (κ2) is 16.4. The summed E-state index contributed by atoms with van der Waals surface area (Å²) in [5.74, 6) is -1.02. The topological polar surface area (TPSA) is 112 Å². The number of aliphatic hydroxyl groups is 2. The summed E-state index contributed by atoms with van der Waals surface area (Å²) in [6.07, 6.45) is 3.44. The molecule has 0 aliphatic rings. The fraction of sp³-hybridized carbons (Fsp3) is 0.684. The Kier molecular flexibility index (Phi) is 15.4. The van der Waals surface area contributed by atoms with Crippen molar-refractivity contribution >= 4 is 11.9 Å². The molecule has 0 bridgehead atoms. The van der Waals surface area contributed by atoms with E-state index in [2.05, 4.69) is 6.58 Å². The van der Waals surface area contributed by atoms with Gasteiger partial charge in [0.2, 0.25) is 0 Å². The highest BCUT2D eigenvalue weighted by molar-refractivity contribution is 5.86. The fourth-order valence-electron chi connectivity index (χ4n) is 1.68. The first-order valence-corrected chi connectivity index (χ1v) is 9.04. The highest BCUT2D eigenvalue weighted by atomic mass is 16.6. The molecule has 156 valence electrons. The second-order valence-corrected chi connectivity index (χ2v) is 5.98. The van der Waals surface area contributed by atoms with Gasteiger partial charge in [0.1, 0.15) is 25.4 Å². The number of carbonyl (C=O) groups is 2. The number of hydrogen-bond acceptors (Lipinski definition) is 8. The first kappa shape index (κ1) is 25.3. The van der Waals surface area contributed by atoms with Crippen molar-refractivity contribution in [1.29, 1.82) is 0 Å². The van der Waals surface area contributed by atoms with E-state index in [1.807, 2.05) is 6.92 Å². The summed E-state index contributed by atoms with van der Waals surface area (Å²) < 4.78 is 20.2. The fourth-order valence-corrected chi connectivity index (χ4v) is 1.68. The van der Waals surface area contributed by atoms with Crippen molar-refractivity contribution in [2.45, 2.75) is 45.3 Å². The molecule has 2 unspecified atom stereocenters. The van der Waals surface area contributed by atoms with Crippen LogP contribution in [-0.2, 0) is 28.5 Å². The van der Waals surface area contributed by atoms with Gasteiger partial charge in [-0.25, -0.2) is 9.59 Å². The van der Waals surface area contributed by atoms with E-state index < -0.39 is 24.1 Å². The largest absolute Gasteiger partial charge is 0.460 e. The molecular weight excluding hydrogens is 356 g/mol. The van der Waals surface area contributed by atoms with E-state index in [-0.39, 0.29) is 32.0 Å². The van der Waals surface area contributed by atoms with Crippen LogP contribution in [0.4, 0.5) is 0 Å². The molecule has 0 amide bonds. The first-order valence-electron chi connectivity index (χ1n) is 9.04. The number of esters is 2. The van der Waals surface area contributed by atoms with E-state index in [1.54, 1.807) is 6.08 Å². The van der Waals surface area contributed by atoms with Gasteiger partial charge in [-0.1, -0.05) is 19.6 Å². The van der Waals surface area contributed by atoms with Gasteiger partial charge in [-0.3, -0.25) is 0 Å². The zero-order valence-electron chi connectivity index (χ0n) is 16.2. The molecule has 0 rings (SSSR count). The minimum absolute atomic E-state index is 0.0703. The number of ether oxygens (including phenoxy) is 4. The van der Waals surface area contributed by atoms with Crippen LogP contribution in [0.1, 0.15) is 33.1 Å². The highest BCUT2D eigenvalue weighted by Gasteiger charge is 2.10. The molecule has 0 fully saturated rings. The van der Waals surface area contributed by atoms with Gasteiger partial charge in [0.05, 0.1) is 13.2 Å². The molecule has 0 spiro atoms. The molecule has 0 saturated heterocycles. The summed E-state index contributed by atoms with van der Waals surface area (Å²) in [5, 5.41) is 19.2. The van der Waals surface area contributed by atoms with Crippen LogP contribution in [-0.4, -0.2) is 74.0 Å². The van der Waals surface area contributed by atoms with E-state index in [0.717, 1.165) is 6.42 Å². The lowest BCUT2D eigenvalue weighted by Crippen LogP contribution is -2.24. The maximum absolute atomic E-state index is 11.2. The summed E-state index contributed by atoms with van der Waals surface area (Å²) in [7, 11) is 0. The van der Waals surface area contributed by atoms with Crippen molar-refractivity contribution in [2.24, 2.45) is 0 Å². The first-order chi connectivity index (χ1) is 12.9. The molecule has 0 saturated carbocycles. The van der Waals surface area contributed by atoms with Gasteiger partial charge >= 0.3 is 11.9 Å². The van der Waals surface area contributed by atoms with Gasteiger partial charge in [-0.15, -0.1) is 0 Å². The molecule has 8 heteroatoms. The number of rotatable bonds is 16. The zero-order chi connectivity index (χ0) is 20.5. The van der Waals surface area contributed by atoms with Crippen molar-refractivity contribution in [3.63, 3.8) is 0 Å². The summed E-state index contributed by atoms with van der Waals surface area (Å²) >= 11 is 0. The van der Waals surface area contributed by atoms with Crippen molar-refractivity contribution in [3.8, 4) is 0 Å². The Balaban J connectivity index is 3.48. The zero-order valence-corrected chi connectivity index (χ0v) is 16.2. The second-order valence-electron chi connectivity index (χ2n) is 5.98. The average Bonchev–Trinajstić information content (AvgIpc) is 2.64. The van der Waals surface area contributed by atoms with Gasteiger partial charge < -0.3 is 29.2 Å². The van der Waals surface area contributed by atoms with E-state index >= 15 is 0 Å². The van der Waals surface area contributed by atoms with Gasteiger partial charge in [0, 0.05) is 24.9 Å². The molecule has 0 aromatic heterocycles. The quantitative estimate of drug-likeness (QED) is 0.230. The Morgan fingerprint density at radius 1 is 0.963 bits per heavy atom. The molecule has 0 aromatic rings. The van der Waals surface area contributed by atoms with Crippen LogP contribution in [0.5, 0.6) is 0 Å². The third-order valence-electron chi connectivity index (χ3n) is 3.11. The number of aliphatic hydroxyl groups excluding tert-OH is 2. The van der Waals surface area contributed by atoms with E-state index in [9.17, 15) is 19.8 Å². The molecule has 27 heavy (non-hydrogen) atoms. The lowest BCUT2D eigenvalue weighted by molar-refractivity contribution is -0.143. The van der Waals surface area contributed by atoms with Crippen LogP contribution < -0.4 is 0 Å². The van der Waals surface area contributed by atoms with Crippen molar-refractivity contribution in [3.05, 3.63) is 24.3 Å². The third-order valence-corrected chi connectivity index (χ3v) is 3.11. The SMILES string of the molecule is C=C(C)C(=O)OCC(O)COCCCCOCC(O)COC(=O)C=CCC. The molecule has 0 radical (unpaired) electrons. The third kappa shape index (κ3) is 16.2. The molecule has 2 N–H and O–H groups in total. The van der Waals surface area contributed by atoms with E-state index in [1.165, 1.54) is 13.0 Å². The van der Waals surface area contributed by atoms with Crippen LogP contribution in [0.25, 0.3) is 0 Å². The molecule has 0 aromatic carbocycles. The lowest BCUT2D eigenvalue weighted by atomic mass is 10.3. The molecule has 0 aliphatic heterocycles. The van der Waals surface area contributed by atoms with Crippen LogP contribution in [0, 0.1) is 0 Å². The molecule has 0 heterocycles. The summed E-state index contributed by atoms with van der Waals surface area (Å²) in [4.78, 5) is 22.4. The lowest BCUT2D eigenvalue weighted by Gasteiger charge is -2.12. The Morgan fingerprint density at radius 2 is 1.48 bits per heavy atom. The Morgan fingerprint density at radius 3 is 1.96 bits per heavy atom. The predicted octanol–water partition coefficient (Wildman–Crippen LogP) is 1.15. The predicted molar refractivity (Wildman–Crippen MR) is 99.0 cm³/mol. The minimum Gasteiger partial charge on any atom is -0.460 e. The van der Waals surface area contributed by atoms with Crippen LogP contribution in [0.2, 0.25) is 0 Å². The Bertz CT molecular complexity index is 461. The van der Waals surface area contributed by atoms with Crippen LogP contribution >= 0.6 is 0 Å². The van der Waals surface area contributed by atoms with Crippen molar-refractivity contribution < 1.29 is 38.7 Å². The Labute approximate surface area is 160 Å². The standard InChI is InChI=1S/C19H32O8/c1-4-5-8-18(22)26-13-16(20)11-24-9-6-7-10-25-12-17(21)14-27-19(23)15(2)3/h5,8,16-17,20-21H,2,4,6-7,9-14H2,1,3H3.